The van der Waals surface area contributed by atoms with Crippen molar-refractivity contribution in [2.45, 2.75) is 151 Å². The van der Waals surface area contributed by atoms with Gasteiger partial charge in [-0.15, -0.1) is 0 Å². The van der Waals surface area contributed by atoms with E-state index in [1.54, 1.807) is 16.7 Å². The summed E-state index contributed by atoms with van der Waals surface area (Å²) in [6.45, 7) is 51.3. The predicted octanol–water partition coefficient (Wildman–Crippen LogP) is 10.2. The molecule has 1 rings (SSSR count). The first kappa shape index (κ1) is 37.3. The van der Waals surface area contributed by atoms with Crippen LogP contribution in [0, 0.1) is 0 Å². The van der Waals surface area contributed by atoms with Crippen LogP contribution in [0.15, 0.2) is 12.1 Å². The zero-order valence-corrected chi connectivity index (χ0v) is 39.3. The minimum absolute atomic E-state index is 0.320. The first-order valence-corrected chi connectivity index (χ1v) is 42.4. The van der Waals surface area contributed by atoms with Gasteiger partial charge >= 0.3 is 256 Å². The second kappa shape index (κ2) is 12.1. The Kier molecular flexibility index (Phi) is 11.9. The van der Waals surface area contributed by atoms with Crippen LogP contribution in [0.2, 0.25) is 121 Å². The van der Waals surface area contributed by atoms with E-state index in [1.165, 1.54) is 3.12 Å². The maximum atomic E-state index is 14.8. The minimum atomic E-state index is -3.32. The fourth-order valence-electron chi connectivity index (χ4n) is 8.67. The van der Waals surface area contributed by atoms with Gasteiger partial charge in [-0.25, -0.2) is 0 Å². The molecule has 0 spiro atoms. The molecule has 38 heavy (non-hydrogen) atoms. The Morgan fingerprint density at radius 1 is 0.474 bits per heavy atom. The molecule has 0 heterocycles. The van der Waals surface area contributed by atoms with Crippen molar-refractivity contribution in [3.63, 3.8) is 0 Å². The van der Waals surface area contributed by atoms with Crippen molar-refractivity contribution in [2.75, 3.05) is 0 Å². The number of rotatable bonds is 11. The van der Waals surface area contributed by atoms with Crippen LogP contribution in [-0.4, -0.2) is 71.2 Å². The third kappa shape index (κ3) is 9.12. The first-order valence-electron chi connectivity index (χ1n) is 15.2. The summed E-state index contributed by atoms with van der Waals surface area (Å²) in [5.41, 5.74) is 4.89. The Morgan fingerprint density at radius 3 is 0.895 bits per heavy atom. The average molecular weight is 819 g/mol. The molecule has 0 saturated carbocycles. The monoisotopic (exact) mass is 818 g/mol. The third-order valence-corrected chi connectivity index (χ3v) is 44.3. The molecule has 220 valence electrons. The quantitative estimate of drug-likeness (QED) is 0.203. The van der Waals surface area contributed by atoms with Crippen LogP contribution in [0.3, 0.4) is 0 Å². The summed E-state index contributed by atoms with van der Waals surface area (Å²) in [5, 5.41) is 2.00. The molecule has 0 aliphatic rings. The van der Waals surface area contributed by atoms with Crippen molar-refractivity contribution in [2.24, 2.45) is 0 Å². The van der Waals surface area contributed by atoms with E-state index in [-0.39, 0.29) is 0 Å². The molecule has 0 unspecified atom stereocenters. The molecular formula is C30H66OPbSi6. The summed E-state index contributed by atoms with van der Waals surface area (Å²) in [6, 6.07) is 5.44. The molecule has 1 nitrogen and oxygen atoms in total. The number of hydrogen-bond acceptors (Lipinski definition) is 1. The van der Waals surface area contributed by atoms with Gasteiger partial charge in [0, 0.05) is 0 Å². The normalized spacial score (nSPS) is 14.8. The van der Waals surface area contributed by atoms with Gasteiger partial charge < -0.3 is 0 Å². The van der Waals surface area contributed by atoms with E-state index >= 15 is 0 Å². The van der Waals surface area contributed by atoms with Gasteiger partial charge in [0.1, 0.15) is 0 Å². The molecule has 0 aliphatic carbocycles. The van der Waals surface area contributed by atoms with Gasteiger partial charge in [0.25, 0.3) is 0 Å². The summed E-state index contributed by atoms with van der Waals surface area (Å²) >= 11 is -3.32. The molecule has 0 N–H and O–H groups in total. The summed E-state index contributed by atoms with van der Waals surface area (Å²) in [6.07, 6.45) is 0. The summed E-state index contributed by atoms with van der Waals surface area (Å²) in [7, 11) is -9.25. The third-order valence-electron chi connectivity index (χ3n) is 8.14. The Morgan fingerprint density at radius 2 is 0.711 bits per heavy atom. The van der Waals surface area contributed by atoms with Gasteiger partial charge in [0.15, 0.2) is 0 Å². The molecule has 0 amide bonds. The molecule has 0 bridgehead atoms. The molecule has 0 atom stereocenters. The molecule has 0 saturated heterocycles. The van der Waals surface area contributed by atoms with E-state index in [1.807, 2.05) is 0 Å². The van der Waals surface area contributed by atoms with Crippen molar-refractivity contribution < 1.29 is 2.69 Å². The van der Waals surface area contributed by atoms with Gasteiger partial charge in [-0.2, -0.15) is 0 Å². The fraction of sp³-hybridized carbons (Fsp3) is 0.800. The number of hydrogen-bond donors (Lipinski definition) is 0. The molecule has 0 fully saturated rings. The van der Waals surface area contributed by atoms with Crippen LogP contribution in [0.25, 0.3) is 0 Å². The van der Waals surface area contributed by atoms with E-state index in [2.05, 4.69) is 144 Å². The van der Waals surface area contributed by atoms with Gasteiger partial charge in [-0.05, 0) is 0 Å². The van der Waals surface area contributed by atoms with Crippen molar-refractivity contribution in [3.8, 4) is 0 Å². The van der Waals surface area contributed by atoms with Crippen LogP contribution in [0.1, 0.15) is 46.0 Å². The standard InChI is InChI=1S/C27H59Si6.C3H7.O.Pb/c1-28(2,3)25(29(4,5)6)22-19-23(26(30(7,8)9)31(10,11)12)21-24(20-22)27(32(13,14)15)33(16,17)18;1-3-2;;/h19-20,25-27H,1-18H3;3H,1-2H3;;. The molecule has 1 aromatic rings. The molecule has 1 aromatic carbocycles. The van der Waals surface area contributed by atoms with Crippen LogP contribution in [0.4, 0.5) is 0 Å². The summed E-state index contributed by atoms with van der Waals surface area (Å²) < 4.78 is 16.5. The summed E-state index contributed by atoms with van der Waals surface area (Å²) in [4.78, 5) is 0. The number of benzene rings is 1. The summed E-state index contributed by atoms with van der Waals surface area (Å²) in [5.74, 6) is 0. The van der Waals surface area contributed by atoms with E-state index < -0.39 is 71.2 Å². The van der Waals surface area contributed by atoms with Crippen molar-refractivity contribution in [1.29, 1.82) is 0 Å². The van der Waals surface area contributed by atoms with Crippen molar-refractivity contribution in [3.05, 3.63) is 28.8 Å². The Balaban J connectivity index is 4.66. The topological polar surface area (TPSA) is 17.1 Å². The Hall–Kier alpha value is 1.24. The van der Waals surface area contributed by atoms with Crippen LogP contribution in [0.5, 0.6) is 0 Å². The van der Waals surface area contributed by atoms with E-state index in [0.717, 1.165) is 0 Å². The van der Waals surface area contributed by atoms with E-state index in [9.17, 15) is 2.69 Å². The van der Waals surface area contributed by atoms with Gasteiger partial charge in [-0.3, -0.25) is 0 Å². The molecule has 0 aromatic heterocycles. The van der Waals surface area contributed by atoms with Gasteiger partial charge in [0.2, 0.25) is 0 Å². The zero-order valence-electron chi connectivity index (χ0n) is 29.4. The zero-order chi connectivity index (χ0) is 30.6. The Bertz CT molecular complexity index is 898. The average Bonchev–Trinajstić information content (AvgIpc) is 2.53. The molecular weight excluding hydrogens is 752 g/mol. The fourth-order valence-corrected chi connectivity index (χ4v) is 55.2. The van der Waals surface area contributed by atoms with E-state index in [0.29, 0.717) is 19.0 Å². The SMILES string of the molecule is C[CH](C)[Pb](=[O])[c]1c(C([Si](C)(C)C)[Si](C)(C)C)cc(C([Si](C)(C)C)[Si](C)(C)C)cc1C([Si](C)(C)C)[Si](C)(C)C. The van der Waals surface area contributed by atoms with Gasteiger partial charge in [0.05, 0.1) is 0 Å². The van der Waals surface area contributed by atoms with Crippen molar-refractivity contribution in [1.82, 2.24) is 0 Å². The molecule has 0 radical (unpaired) electrons. The second-order valence-electron chi connectivity index (χ2n) is 19.1. The molecule has 0 aliphatic heterocycles. The van der Waals surface area contributed by atoms with Crippen LogP contribution < -0.4 is 3.12 Å². The predicted molar refractivity (Wildman–Crippen MR) is 196 cm³/mol. The van der Waals surface area contributed by atoms with E-state index in [4.69, 9.17) is 0 Å². The molecule has 8 heteroatoms. The second-order valence-corrected chi connectivity index (χ2v) is 61.9. The maximum absolute atomic E-state index is 14.8. The van der Waals surface area contributed by atoms with Gasteiger partial charge in [-0.1, -0.05) is 0 Å². The Labute approximate surface area is 254 Å². The van der Waals surface area contributed by atoms with Crippen molar-refractivity contribution >= 4 is 74.3 Å². The van der Waals surface area contributed by atoms with Crippen LogP contribution >= 0.6 is 0 Å². The first-order chi connectivity index (χ1) is 16.4. The van der Waals surface area contributed by atoms with Crippen LogP contribution in [-0.2, 0) is 2.69 Å².